The summed E-state index contributed by atoms with van der Waals surface area (Å²) in [5, 5.41) is 0.568. The molecule has 0 saturated carbocycles. The molecule has 0 spiro atoms. The first-order valence-corrected chi connectivity index (χ1v) is 8.44. The summed E-state index contributed by atoms with van der Waals surface area (Å²) >= 11 is 6.03. The molecule has 0 aromatic heterocycles. The monoisotopic (exact) mass is 323 g/mol. The van der Waals surface area contributed by atoms with E-state index in [1.54, 1.807) is 32.0 Å². The highest BCUT2D eigenvalue weighted by molar-refractivity contribution is 7.92. The predicted octanol–water partition coefficient (Wildman–Crippen LogP) is 4.37. The van der Waals surface area contributed by atoms with Crippen LogP contribution in [0.2, 0.25) is 5.02 Å². The molecule has 3 nitrogen and oxygen atoms in total. The molecule has 5 heteroatoms. The lowest BCUT2D eigenvalue weighted by atomic mass is 10.1. The largest absolute Gasteiger partial charge is 0.279 e. The SMILES string of the molecule is Cc1cc(S(=O)(=O)Nc2cccc(C)c2C)c(C)cc1Cl. The number of hydrogen-bond donors (Lipinski definition) is 1. The van der Waals surface area contributed by atoms with Crippen molar-refractivity contribution in [3.63, 3.8) is 0 Å². The second-order valence-electron chi connectivity index (χ2n) is 5.22. The minimum Gasteiger partial charge on any atom is -0.279 e. The Bertz CT molecular complexity index is 798. The summed E-state index contributed by atoms with van der Waals surface area (Å²) in [5.41, 5.74) is 3.93. The van der Waals surface area contributed by atoms with E-state index in [1.807, 2.05) is 26.0 Å². The summed E-state index contributed by atoms with van der Waals surface area (Å²) in [4.78, 5) is 0.255. The van der Waals surface area contributed by atoms with Crippen LogP contribution in [0.4, 0.5) is 5.69 Å². The number of benzene rings is 2. The number of sulfonamides is 1. The Morgan fingerprint density at radius 3 is 2.29 bits per heavy atom. The molecule has 0 radical (unpaired) electrons. The van der Waals surface area contributed by atoms with Gasteiger partial charge in [-0.05, 0) is 68.1 Å². The van der Waals surface area contributed by atoms with E-state index in [9.17, 15) is 8.42 Å². The van der Waals surface area contributed by atoms with Gasteiger partial charge in [-0.3, -0.25) is 4.72 Å². The van der Waals surface area contributed by atoms with Crippen LogP contribution in [-0.4, -0.2) is 8.42 Å². The van der Waals surface area contributed by atoms with Gasteiger partial charge in [0.2, 0.25) is 0 Å². The molecule has 0 aliphatic carbocycles. The Balaban J connectivity index is 2.48. The van der Waals surface area contributed by atoms with Gasteiger partial charge >= 0.3 is 0 Å². The summed E-state index contributed by atoms with van der Waals surface area (Å²) in [5.74, 6) is 0. The van der Waals surface area contributed by atoms with Gasteiger partial charge in [-0.25, -0.2) is 8.42 Å². The molecule has 21 heavy (non-hydrogen) atoms. The van der Waals surface area contributed by atoms with Crippen molar-refractivity contribution >= 4 is 27.3 Å². The highest BCUT2D eigenvalue weighted by Crippen LogP contribution is 2.27. The minimum absolute atomic E-state index is 0.255. The summed E-state index contributed by atoms with van der Waals surface area (Å²) in [6.45, 7) is 7.37. The van der Waals surface area contributed by atoms with E-state index in [0.29, 0.717) is 16.3 Å². The van der Waals surface area contributed by atoms with Gasteiger partial charge in [0.05, 0.1) is 10.6 Å². The summed E-state index contributed by atoms with van der Waals surface area (Å²) < 4.78 is 27.9. The molecule has 0 unspecified atom stereocenters. The third-order valence-corrected chi connectivity index (χ3v) is 5.51. The van der Waals surface area contributed by atoms with Crippen LogP contribution < -0.4 is 4.72 Å². The van der Waals surface area contributed by atoms with Gasteiger partial charge < -0.3 is 0 Å². The van der Waals surface area contributed by atoms with Gasteiger partial charge in [-0.2, -0.15) is 0 Å². The van der Waals surface area contributed by atoms with E-state index in [0.717, 1.165) is 16.7 Å². The van der Waals surface area contributed by atoms with Crippen LogP contribution in [0.5, 0.6) is 0 Å². The number of rotatable bonds is 3. The molecule has 0 bridgehead atoms. The topological polar surface area (TPSA) is 46.2 Å². The van der Waals surface area contributed by atoms with Crippen LogP contribution in [0.1, 0.15) is 22.3 Å². The van der Waals surface area contributed by atoms with Crippen LogP contribution in [0.25, 0.3) is 0 Å². The predicted molar refractivity (Wildman–Crippen MR) is 87.7 cm³/mol. The molecule has 0 atom stereocenters. The van der Waals surface area contributed by atoms with Crippen molar-refractivity contribution in [3.05, 3.63) is 57.6 Å². The van der Waals surface area contributed by atoms with Gasteiger partial charge in [0.1, 0.15) is 0 Å². The van der Waals surface area contributed by atoms with Gasteiger partial charge in [0.15, 0.2) is 0 Å². The van der Waals surface area contributed by atoms with Crippen LogP contribution in [0, 0.1) is 27.7 Å². The second-order valence-corrected chi connectivity index (χ2v) is 7.28. The van der Waals surface area contributed by atoms with Crippen LogP contribution >= 0.6 is 11.6 Å². The lowest BCUT2D eigenvalue weighted by Crippen LogP contribution is -2.15. The quantitative estimate of drug-likeness (QED) is 0.911. The fourth-order valence-electron chi connectivity index (χ4n) is 2.11. The van der Waals surface area contributed by atoms with Gasteiger partial charge in [0.25, 0.3) is 10.0 Å². The number of hydrogen-bond acceptors (Lipinski definition) is 2. The molecule has 112 valence electrons. The number of nitrogens with one attached hydrogen (secondary N) is 1. The Labute approximate surface area is 131 Å². The summed E-state index contributed by atoms with van der Waals surface area (Å²) in [6.07, 6.45) is 0. The lowest BCUT2D eigenvalue weighted by Gasteiger charge is -2.14. The smallest absolute Gasteiger partial charge is 0.262 e. The van der Waals surface area contributed by atoms with Crippen LogP contribution in [-0.2, 0) is 10.0 Å². The zero-order valence-electron chi connectivity index (χ0n) is 12.5. The van der Waals surface area contributed by atoms with E-state index in [2.05, 4.69) is 4.72 Å². The van der Waals surface area contributed by atoms with Crippen LogP contribution in [0.3, 0.4) is 0 Å². The average Bonchev–Trinajstić information content (AvgIpc) is 2.39. The highest BCUT2D eigenvalue weighted by atomic mass is 35.5. The third kappa shape index (κ3) is 3.22. The zero-order valence-corrected chi connectivity index (χ0v) is 14.1. The average molecular weight is 324 g/mol. The lowest BCUT2D eigenvalue weighted by molar-refractivity contribution is 0.600. The van der Waals surface area contributed by atoms with E-state index in [4.69, 9.17) is 11.6 Å². The fourth-order valence-corrected chi connectivity index (χ4v) is 3.76. The molecule has 0 fully saturated rings. The maximum atomic E-state index is 12.6. The van der Waals surface area contributed by atoms with Crippen LogP contribution in [0.15, 0.2) is 35.2 Å². The molecule has 2 aromatic carbocycles. The van der Waals surface area contributed by atoms with Crippen molar-refractivity contribution in [2.24, 2.45) is 0 Å². The van der Waals surface area contributed by atoms with Crippen molar-refractivity contribution < 1.29 is 8.42 Å². The van der Waals surface area contributed by atoms with Crippen molar-refractivity contribution in [2.75, 3.05) is 4.72 Å². The molecular weight excluding hydrogens is 306 g/mol. The van der Waals surface area contributed by atoms with Crippen molar-refractivity contribution in [2.45, 2.75) is 32.6 Å². The zero-order chi connectivity index (χ0) is 15.8. The van der Waals surface area contributed by atoms with Gasteiger partial charge in [0, 0.05) is 5.02 Å². The van der Waals surface area contributed by atoms with Gasteiger partial charge in [-0.1, -0.05) is 23.7 Å². The normalized spacial score (nSPS) is 11.5. The Morgan fingerprint density at radius 2 is 1.62 bits per heavy atom. The van der Waals surface area contributed by atoms with E-state index in [-0.39, 0.29) is 4.90 Å². The Morgan fingerprint density at radius 1 is 0.952 bits per heavy atom. The first-order valence-electron chi connectivity index (χ1n) is 6.58. The maximum absolute atomic E-state index is 12.6. The summed E-state index contributed by atoms with van der Waals surface area (Å²) in [6, 6.07) is 8.82. The minimum atomic E-state index is -3.63. The van der Waals surface area contributed by atoms with Crippen molar-refractivity contribution in [1.82, 2.24) is 0 Å². The second kappa shape index (κ2) is 5.70. The molecule has 0 saturated heterocycles. The molecule has 0 aliphatic rings. The highest BCUT2D eigenvalue weighted by Gasteiger charge is 2.19. The Hall–Kier alpha value is -1.52. The van der Waals surface area contributed by atoms with E-state index in [1.165, 1.54) is 0 Å². The maximum Gasteiger partial charge on any atom is 0.262 e. The molecule has 2 rings (SSSR count). The Kier molecular flexibility index (Phi) is 4.30. The number of halogens is 1. The molecule has 0 amide bonds. The molecule has 2 aromatic rings. The molecule has 1 N–H and O–H groups in total. The standard InChI is InChI=1S/C16H18ClNO2S/c1-10-6-5-7-15(13(10)4)18-21(19,20)16-9-11(2)14(17)8-12(16)3/h5-9,18H,1-4H3. The van der Waals surface area contributed by atoms with Gasteiger partial charge in [-0.15, -0.1) is 0 Å². The molecule has 0 aliphatic heterocycles. The first-order chi connectivity index (χ1) is 9.72. The van der Waals surface area contributed by atoms with E-state index < -0.39 is 10.0 Å². The van der Waals surface area contributed by atoms with E-state index >= 15 is 0 Å². The molecular formula is C16H18ClNO2S. The first kappa shape index (κ1) is 15.9. The number of anilines is 1. The fraction of sp³-hybridized carbons (Fsp3) is 0.250. The number of aryl methyl sites for hydroxylation is 3. The summed E-state index contributed by atoms with van der Waals surface area (Å²) in [7, 11) is -3.63. The van der Waals surface area contributed by atoms with Crippen molar-refractivity contribution in [3.8, 4) is 0 Å². The third-order valence-electron chi connectivity index (χ3n) is 3.59. The van der Waals surface area contributed by atoms with Crippen molar-refractivity contribution in [1.29, 1.82) is 0 Å². The molecule has 0 heterocycles.